The summed E-state index contributed by atoms with van der Waals surface area (Å²) in [5.74, 6) is 0.267. The van der Waals surface area contributed by atoms with E-state index in [9.17, 15) is 9.59 Å². The number of halogens is 3. The van der Waals surface area contributed by atoms with Crippen molar-refractivity contribution in [2.75, 3.05) is 5.32 Å². The molecule has 1 amide bonds. The fraction of sp³-hybridized carbons (Fsp3) is 0.0667. The molecule has 1 aromatic heterocycles. The van der Waals surface area contributed by atoms with Crippen molar-refractivity contribution >= 4 is 76.9 Å². The molecule has 1 N–H and O–H groups in total. The van der Waals surface area contributed by atoms with E-state index in [1.54, 1.807) is 31.2 Å². The minimum absolute atomic E-state index is 0.267. The van der Waals surface area contributed by atoms with Crippen molar-refractivity contribution < 1.29 is 13.9 Å². The van der Waals surface area contributed by atoms with Crippen LogP contribution in [0.2, 0.25) is 5.02 Å². The lowest BCUT2D eigenvalue weighted by Crippen LogP contribution is -2.17. The molecule has 24 heavy (non-hydrogen) atoms. The van der Waals surface area contributed by atoms with Crippen LogP contribution in [-0.4, -0.2) is 6.09 Å². The van der Waals surface area contributed by atoms with Crippen molar-refractivity contribution in [3.8, 4) is 5.75 Å². The van der Waals surface area contributed by atoms with Gasteiger partial charge in [0.1, 0.15) is 0 Å². The van der Waals surface area contributed by atoms with Crippen LogP contribution in [0, 0.1) is 6.92 Å². The van der Waals surface area contributed by atoms with Crippen molar-refractivity contribution in [1.29, 1.82) is 0 Å². The molecule has 9 heteroatoms. The molecule has 0 saturated carbocycles. The van der Waals surface area contributed by atoms with E-state index in [2.05, 4.69) is 37.2 Å². The van der Waals surface area contributed by atoms with Gasteiger partial charge in [0, 0.05) is 16.3 Å². The number of ether oxygens (including phenoxy) is 1. The molecule has 0 atom stereocenters. The Kier molecular flexibility index (Phi) is 5.00. The first-order valence-corrected chi connectivity index (χ1v) is 9.30. The first kappa shape index (κ1) is 17.5. The highest BCUT2D eigenvalue weighted by atomic mass is 79.9. The molecule has 3 rings (SSSR count). The van der Waals surface area contributed by atoms with Crippen LogP contribution in [0.1, 0.15) is 5.56 Å². The van der Waals surface area contributed by atoms with Gasteiger partial charge in [-0.2, -0.15) is 0 Å². The third-order valence-corrected chi connectivity index (χ3v) is 6.20. The predicted molar refractivity (Wildman–Crippen MR) is 102 cm³/mol. The van der Waals surface area contributed by atoms with Gasteiger partial charge in [-0.15, -0.1) is 0 Å². The third kappa shape index (κ3) is 3.37. The van der Waals surface area contributed by atoms with Crippen LogP contribution in [0.25, 0.3) is 10.3 Å². The van der Waals surface area contributed by atoms with Gasteiger partial charge >= 0.3 is 11.0 Å². The smallest absolute Gasteiger partial charge is 0.414 e. The van der Waals surface area contributed by atoms with E-state index < -0.39 is 11.0 Å². The summed E-state index contributed by atoms with van der Waals surface area (Å²) < 4.78 is 12.1. The maximum absolute atomic E-state index is 12.1. The summed E-state index contributed by atoms with van der Waals surface area (Å²) in [6.45, 7) is 1.76. The number of rotatable bonds is 2. The van der Waals surface area contributed by atoms with Gasteiger partial charge in [-0.3, -0.25) is 5.32 Å². The van der Waals surface area contributed by atoms with Gasteiger partial charge in [-0.05, 0) is 63.0 Å². The van der Waals surface area contributed by atoms with Gasteiger partial charge in [0.15, 0.2) is 11.3 Å². The lowest BCUT2D eigenvalue weighted by molar-refractivity contribution is 0.214. The van der Waals surface area contributed by atoms with Crippen molar-refractivity contribution in [3.63, 3.8) is 0 Å². The Labute approximate surface area is 161 Å². The van der Waals surface area contributed by atoms with E-state index in [0.717, 1.165) is 11.3 Å². The molecule has 0 spiro atoms. The average molecular weight is 494 g/mol. The maximum Gasteiger partial charge on any atom is 0.417 e. The summed E-state index contributed by atoms with van der Waals surface area (Å²) in [6.07, 6.45) is -0.673. The highest BCUT2D eigenvalue weighted by Gasteiger charge is 2.21. The standard InChI is InChI=1S/C15H8Br2ClNO4S/c1-6-9(16)12(10(17)13-11(6)23-15(21)24-13)22-14(20)19-8-4-2-7(18)3-5-8/h2-5H,1H3,(H,19,20). The van der Waals surface area contributed by atoms with Crippen LogP contribution in [0.15, 0.2) is 42.4 Å². The second kappa shape index (κ2) is 6.87. The number of carbonyl (C=O) groups is 1. The second-order valence-corrected chi connectivity index (χ2v) is 7.68. The summed E-state index contributed by atoms with van der Waals surface area (Å²) in [5.41, 5.74) is 1.66. The first-order chi connectivity index (χ1) is 11.4. The molecule has 0 fully saturated rings. The normalized spacial score (nSPS) is 10.8. The van der Waals surface area contributed by atoms with Crippen molar-refractivity contribution in [1.82, 2.24) is 0 Å². The largest absolute Gasteiger partial charge is 0.417 e. The highest BCUT2D eigenvalue weighted by Crippen LogP contribution is 2.43. The second-order valence-electron chi connectivity index (χ2n) is 4.72. The molecule has 0 aliphatic heterocycles. The minimum Gasteiger partial charge on any atom is -0.414 e. The molecular weight excluding hydrogens is 485 g/mol. The molecule has 0 saturated heterocycles. The molecule has 124 valence electrons. The van der Waals surface area contributed by atoms with Crippen LogP contribution in [-0.2, 0) is 0 Å². The topological polar surface area (TPSA) is 68.5 Å². The van der Waals surface area contributed by atoms with E-state index >= 15 is 0 Å². The Morgan fingerprint density at radius 1 is 1.25 bits per heavy atom. The van der Waals surface area contributed by atoms with Gasteiger partial charge in [0.2, 0.25) is 0 Å². The van der Waals surface area contributed by atoms with Gasteiger partial charge in [0.05, 0.1) is 13.6 Å². The monoisotopic (exact) mass is 491 g/mol. The number of aryl methyl sites for hydroxylation is 1. The van der Waals surface area contributed by atoms with Gasteiger partial charge in [-0.25, -0.2) is 9.59 Å². The Bertz CT molecular complexity index is 997. The Morgan fingerprint density at radius 2 is 1.92 bits per heavy atom. The molecule has 5 nitrogen and oxygen atoms in total. The number of anilines is 1. The Balaban J connectivity index is 1.93. The lowest BCUT2D eigenvalue weighted by atomic mass is 10.2. The molecule has 0 unspecified atom stereocenters. The molecule has 2 aromatic carbocycles. The van der Waals surface area contributed by atoms with Crippen molar-refractivity contribution in [2.24, 2.45) is 0 Å². The van der Waals surface area contributed by atoms with E-state index in [-0.39, 0.29) is 5.75 Å². The van der Waals surface area contributed by atoms with Crippen molar-refractivity contribution in [3.05, 3.63) is 53.5 Å². The summed E-state index contributed by atoms with van der Waals surface area (Å²) in [6, 6.07) is 6.62. The molecule has 0 aliphatic rings. The zero-order valence-electron chi connectivity index (χ0n) is 12.0. The highest BCUT2D eigenvalue weighted by molar-refractivity contribution is 9.11. The average Bonchev–Trinajstić information content (AvgIpc) is 2.94. The van der Waals surface area contributed by atoms with Crippen molar-refractivity contribution in [2.45, 2.75) is 6.92 Å². The van der Waals surface area contributed by atoms with Gasteiger partial charge < -0.3 is 9.15 Å². The van der Waals surface area contributed by atoms with Crippen LogP contribution in [0.5, 0.6) is 5.75 Å². The van der Waals surface area contributed by atoms with Gasteiger partial charge in [0.25, 0.3) is 0 Å². The summed E-state index contributed by atoms with van der Waals surface area (Å²) in [5, 5.41) is 3.17. The fourth-order valence-electron chi connectivity index (χ4n) is 2.00. The Morgan fingerprint density at radius 3 is 2.58 bits per heavy atom. The zero-order valence-corrected chi connectivity index (χ0v) is 16.7. The number of hydrogen-bond acceptors (Lipinski definition) is 5. The summed E-state index contributed by atoms with van der Waals surface area (Å²) >= 11 is 13.5. The summed E-state index contributed by atoms with van der Waals surface area (Å²) in [7, 11) is 0. The van der Waals surface area contributed by atoms with Crippen LogP contribution in [0.4, 0.5) is 10.5 Å². The first-order valence-electron chi connectivity index (χ1n) is 6.52. The number of amides is 1. The maximum atomic E-state index is 12.1. The van der Waals surface area contributed by atoms with Crippen LogP contribution < -0.4 is 15.0 Å². The SMILES string of the molecule is Cc1c(Br)c(OC(=O)Nc2ccc(Cl)cc2)c(Br)c2sc(=O)oc12. The quantitative estimate of drug-likeness (QED) is 0.479. The van der Waals surface area contributed by atoms with E-state index in [0.29, 0.717) is 35.5 Å². The van der Waals surface area contributed by atoms with Crippen LogP contribution in [0.3, 0.4) is 0 Å². The minimum atomic E-state index is -0.673. The molecular formula is C15H8Br2ClNO4S. The molecule has 0 radical (unpaired) electrons. The number of carbonyl (C=O) groups excluding carboxylic acids is 1. The lowest BCUT2D eigenvalue weighted by Gasteiger charge is -2.12. The number of nitrogens with one attached hydrogen (secondary N) is 1. The van der Waals surface area contributed by atoms with Gasteiger partial charge in [-0.1, -0.05) is 22.9 Å². The fourth-order valence-corrected chi connectivity index (χ4v) is 4.31. The predicted octanol–water partition coefficient (Wildman–Crippen LogP) is 5.95. The molecule has 3 aromatic rings. The molecule has 0 aliphatic carbocycles. The zero-order chi connectivity index (χ0) is 17.4. The number of fused-ring (bicyclic) bond motifs is 1. The Hall–Kier alpha value is -1.35. The van der Waals surface area contributed by atoms with E-state index in [1.165, 1.54) is 0 Å². The van der Waals surface area contributed by atoms with Crippen LogP contribution >= 0.6 is 54.8 Å². The number of benzene rings is 2. The summed E-state index contributed by atoms with van der Waals surface area (Å²) in [4.78, 5) is 23.2. The molecule has 0 bridgehead atoms. The molecule has 1 heterocycles. The van der Waals surface area contributed by atoms with E-state index in [1.807, 2.05) is 0 Å². The third-order valence-electron chi connectivity index (χ3n) is 3.13. The van der Waals surface area contributed by atoms with E-state index in [4.69, 9.17) is 20.8 Å². The number of hydrogen-bond donors (Lipinski definition) is 1.